The smallest absolute Gasteiger partial charge is 0.295 e. The lowest BCUT2D eigenvalue weighted by molar-refractivity contribution is -0.127. The van der Waals surface area contributed by atoms with Gasteiger partial charge in [-0.15, -0.1) is 10.2 Å². The van der Waals surface area contributed by atoms with Crippen molar-refractivity contribution < 1.29 is 14.0 Å². The van der Waals surface area contributed by atoms with Gasteiger partial charge in [-0.1, -0.05) is 32.0 Å². The molecule has 1 fully saturated rings. The van der Waals surface area contributed by atoms with Gasteiger partial charge in [0, 0.05) is 42.0 Å². The highest BCUT2D eigenvalue weighted by Gasteiger charge is 2.31. The molecule has 1 aliphatic heterocycles. The molecule has 2 aromatic heterocycles. The van der Waals surface area contributed by atoms with E-state index < -0.39 is 11.7 Å². The van der Waals surface area contributed by atoms with Crippen LogP contribution < -0.4 is 0 Å². The molecule has 4 rings (SSSR count). The normalized spacial score (nSPS) is 15.6. The van der Waals surface area contributed by atoms with Gasteiger partial charge in [-0.25, -0.2) is 0 Å². The zero-order valence-corrected chi connectivity index (χ0v) is 15.4. The second kappa shape index (κ2) is 6.98. The van der Waals surface area contributed by atoms with Gasteiger partial charge in [0.25, 0.3) is 11.7 Å². The number of aromatic amines is 1. The van der Waals surface area contributed by atoms with Crippen LogP contribution in [0, 0.1) is 0 Å². The van der Waals surface area contributed by atoms with Gasteiger partial charge >= 0.3 is 0 Å². The lowest BCUT2D eigenvalue weighted by Gasteiger charge is -2.29. The predicted molar refractivity (Wildman–Crippen MR) is 99.6 cm³/mol. The fraction of sp³-hybridized carbons (Fsp3) is 0.400. The third-order valence-corrected chi connectivity index (χ3v) is 5.11. The number of carbonyl (C=O) groups is 2. The number of amides is 1. The monoisotopic (exact) mass is 366 g/mol. The Morgan fingerprint density at radius 1 is 1.19 bits per heavy atom. The molecular weight excluding hydrogens is 344 g/mol. The number of hydrogen-bond acceptors (Lipinski definition) is 5. The van der Waals surface area contributed by atoms with Crippen molar-refractivity contribution >= 4 is 22.6 Å². The molecule has 0 spiro atoms. The lowest BCUT2D eigenvalue weighted by atomic mass is 9.96. The second-order valence-corrected chi connectivity index (χ2v) is 7.28. The summed E-state index contributed by atoms with van der Waals surface area (Å²) < 4.78 is 5.74. The summed E-state index contributed by atoms with van der Waals surface area (Å²) in [5, 5.41) is 9.01. The molecule has 7 heteroatoms. The van der Waals surface area contributed by atoms with E-state index in [-0.39, 0.29) is 11.8 Å². The largest absolute Gasteiger partial charge is 0.425 e. The van der Waals surface area contributed by atoms with Crippen molar-refractivity contribution in [3.63, 3.8) is 0 Å². The first kappa shape index (κ1) is 17.5. The van der Waals surface area contributed by atoms with E-state index in [0.717, 1.165) is 10.9 Å². The summed E-state index contributed by atoms with van der Waals surface area (Å²) in [6.45, 7) is 5.04. The minimum atomic E-state index is -0.467. The summed E-state index contributed by atoms with van der Waals surface area (Å²) in [5.41, 5.74) is 1.28. The zero-order chi connectivity index (χ0) is 19.0. The molecule has 3 heterocycles. The average Bonchev–Trinajstić information content (AvgIpc) is 3.34. The number of rotatable bonds is 4. The van der Waals surface area contributed by atoms with Crippen LogP contribution in [-0.2, 0) is 4.79 Å². The highest BCUT2D eigenvalue weighted by atomic mass is 16.4. The molecule has 0 saturated carbocycles. The minimum absolute atomic E-state index is 0.136. The van der Waals surface area contributed by atoms with Crippen molar-refractivity contribution in [2.75, 3.05) is 13.1 Å². The van der Waals surface area contributed by atoms with E-state index in [1.165, 1.54) is 0 Å². The number of piperidine rings is 1. The fourth-order valence-corrected chi connectivity index (χ4v) is 3.49. The van der Waals surface area contributed by atoms with Gasteiger partial charge in [0.05, 0.1) is 5.56 Å². The number of carbonyl (C=O) groups excluding carboxylic acids is 2. The maximum atomic E-state index is 12.7. The number of H-pyrrole nitrogens is 1. The maximum Gasteiger partial charge on any atom is 0.295 e. The molecule has 7 nitrogen and oxygen atoms in total. The van der Waals surface area contributed by atoms with E-state index in [1.54, 1.807) is 11.1 Å². The van der Waals surface area contributed by atoms with Crippen LogP contribution in [-0.4, -0.2) is 44.9 Å². The van der Waals surface area contributed by atoms with Crippen LogP contribution in [0.3, 0.4) is 0 Å². The highest BCUT2D eigenvalue weighted by Crippen LogP contribution is 2.29. The van der Waals surface area contributed by atoms with Crippen LogP contribution >= 0.6 is 0 Å². The molecule has 0 unspecified atom stereocenters. The van der Waals surface area contributed by atoms with Crippen molar-refractivity contribution in [2.24, 2.45) is 0 Å². The van der Waals surface area contributed by atoms with Crippen LogP contribution in [0.1, 0.15) is 60.7 Å². The Morgan fingerprint density at radius 3 is 2.63 bits per heavy atom. The van der Waals surface area contributed by atoms with E-state index >= 15 is 0 Å². The number of likely N-dealkylation sites (tertiary alicyclic amines) is 1. The van der Waals surface area contributed by atoms with E-state index in [1.807, 2.05) is 38.1 Å². The molecule has 3 aromatic rings. The Labute approximate surface area is 156 Å². The maximum absolute atomic E-state index is 12.7. The van der Waals surface area contributed by atoms with Gasteiger partial charge in [0.1, 0.15) is 0 Å². The number of benzene rings is 1. The first-order valence-corrected chi connectivity index (χ1v) is 9.27. The molecule has 1 aliphatic rings. The Hall–Kier alpha value is -2.96. The van der Waals surface area contributed by atoms with Gasteiger partial charge < -0.3 is 14.3 Å². The highest BCUT2D eigenvalue weighted by molar-refractivity contribution is 6.44. The van der Waals surface area contributed by atoms with Crippen molar-refractivity contribution in [1.82, 2.24) is 20.1 Å². The number of nitrogens with one attached hydrogen (secondary N) is 1. The van der Waals surface area contributed by atoms with E-state index in [2.05, 4.69) is 15.2 Å². The SMILES string of the molecule is CC(C)c1nnc(C2CCN(C(=O)C(=O)c3c[nH]c4ccccc34)CC2)o1. The van der Waals surface area contributed by atoms with Crippen molar-refractivity contribution in [2.45, 2.75) is 38.5 Å². The van der Waals surface area contributed by atoms with Crippen LogP contribution in [0.5, 0.6) is 0 Å². The number of nitrogens with zero attached hydrogens (tertiary/aromatic N) is 3. The van der Waals surface area contributed by atoms with Gasteiger partial charge in [-0.05, 0) is 18.9 Å². The zero-order valence-electron chi connectivity index (χ0n) is 15.4. The summed E-state index contributed by atoms with van der Waals surface area (Å²) in [6, 6.07) is 7.49. The van der Waals surface area contributed by atoms with Gasteiger partial charge in [-0.3, -0.25) is 9.59 Å². The molecule has 0 bridgehead atoms. The predicted octanol–water partition coefficient (Wildman–Crippen LogP) is 3.26. The molecule has 27 heavy (non-hydrogen) atoms. The van der Waals surface area contributed by atoms with Crippen molar-refractivity contribution in [3.8, 4) is 0 Å². The first-order chi connectivity index (χ1) is 13.0. The lowest BCUT2D eigenvalue weighted by Crippen LogP contribution is -2.41. The molecule has 1 saturated heterocycles. The Bertz CT molecular complexity index is 980. The van der Waals surface area contributed by atoms with E-state index in [9.17, 15) is 9.59 Å². The van der Waals surface area contributed by atoms with Crippen LogP contribution in [0.4, 0.5) is 0 Å². The third kappa shape index (κ3) is 3.25. The summed E-state index contributed by atoms with van der Waals surface area (Å²) in [5.74, 6) is 0.683. The molecule has 0 aliphatic carbocycles. The van der Waals surface area contributed by atoms with Crippen molar-refractivity contribution in [1.29, 1.82) is 0 Å². The van der Waals surface area contributed by atoms with Gasteiger partial charge in [-0.2, -0.15) is 0 Å². The fourth-order valence-electron chi connectivity index (χ4n) is 3.49. The molecule has 0 atom stereocenters. The number of para-hydroxylation sites is 1. The number of Topliss-reactive ketones (excluding diaryl/α,β-unsaturated/α-hetero) is 1. The summed E-state index contributed by atoms with van der Waals surface area (Å²) in [4.78, 5) is 30.1. The molecule has 1 N–H and O–H groups in total. The Morgan fingerprint density at radius 2 is 1.93 bits per heavy atom. The summed E-state index contributed by atoms with van der Waals surface area (Å²) in [7, 11) is 0. The topological polar surface area (TPSA) is 92.1 Å². The van der Waals surface area contributed by atoms with Crippen LogP contribution in [0.15, 0.2) is 34.9 Å². The first-order valence-electron chi connectivity index (χ1n) is 9.27. The molecule has 0 radical (unpaired) electrons. The van der Waals surface area contributed by atoms with E-state index in [4.69, 9.17) is 4.42 Å². The summed E-state index contributed by atoms with van der Waals surface area (Å²) in [6.07, 6.45) is 3.04. The van der Waals surface area contributed by atoms with E-state index in [0.29, 0.717) is 43.3 Å². The molecular formula is C20H22N4O3. The minimum Gasteiger partial charge on any atom is -0.425 e. The van der Waals surface area contributed by atoms with Gasteiger partial charge in [0.2, 0.25) is 11.8 Å². The summed E-state index contributed by atoms with van der Waals surface area (Å²) >= 11 is 0. The number of hydrogen-bond donors (Lipinski definition) is 1. The van der Waals surface area contributed by atoms with Crippen LogP contribution in [0.25, 0.3) is 10.9 Å². The molecule has 140 valence electrons. The number of fused-ring (bicyclic) bond motifs is 1. The second-order valence-electron chi connectivity index (χ2n) is 7.28. The van der Waals surface area contributed by atoms with Gasteiger partial charge in [0.15, 0.2) is 0 Å². The number of ketones is 1. The standard InChI is InChI=1S/C20H22N4O3/c1-12(2)18-22-23-19(27-18)13-7-9-24(10-8-13)20(26)17(25)15-11-21-16-6-4-3-5-14(15)16/h3-6,11-13,21H,7-10H2,1-2H3. The van der Waals surface area contributed by atoms with Crippen molar-refractivity contribution in [3.05, 3.63) is 47.8 Å². The average molecular weight is 366 g/mol. The number of aromatic nitrogens is 3. The third-order valence-electron chi connectivity index (χ3n) is 5.11. The molecule has 1 amide bonds. The Balaban J connectivity index is 1.43. The van der Waals surface area contributed by atoms with Crippen LogP contribution in [0.2, 0.25) is 0 Å². The quantitative estimate of drug-likeness (QED) is 0.565. The molecule has 1 aromatic carbocycles. The Kier molecular flexibility index (Phi) is 4.51.